The van der Waals surface area contributed by atoms with E-state index in [1.807, 2.05) is 13.8 Å². The van der Waals surface area contributed by atoms with Gasteiger partial charge in [0.15, 0.2) is 0 Å². The van der Waals surface area contributed by atoms with Crippen LogP contribution in [-0.2, 0) is 22.7 Å². The van der Waals surface area contributed by atoms with Crippen molar-refractivity contribution in [2.75, 3.05) is 20.2 Å². The Hall–Kier alpha value is -1.39. The number of rotatable bonds is 7. The van der Waals surface area contributed by atoms with Crippen molar-refractivity contribution in [3.8, 4) is 0 Å². The summed E-state index contributed by atoms with van der Waals surface area (Å²) in [7, 11) is 1.72. The van der Waals surface area contributed by atoms with Gasteiger partial charge in [0.05, 0.1) is 6.61 Å². The molecule has 4 nitrogen and oxygen atoms in total. The Balaban J connectivity index is 1.87. The minimum absolute atomic E-state index is 0.0950. The predicted octanol–water partition coefficient (Wildman–Crippen LogP) is 3.21. The van der Waals surface area contributed by atoms with Crippen molar-refractivity contribution in [3.05, 3.63) is 35.4 Å². The van der Waals surface area contributed by atoms with Crippen molar-refractivity contribution in [1.29, 1.82) is 0 Å². The monoisotopic (exact) mass is 332 g/mol. The summed E-state index contributed by atoms with van der Waals surface area (Å²) in [5.41, 5.74) is 2.50. The molecule has 1 aliphatic rings. The van der Waals surface area contributed by atoms with Crippen LogP contribution in [0.15, 0.2) is 24.3 Å². The van der Waals surface area contributed by atoms with Crippen LogP contribution in [0.5, 0.6) is 0 Å². The normalized spacial score (nSPS) is 21.3. The van der Waals surface area contributed by atoms with Crippen LogP contribution in [0.1, 0.15) is 44.7 Å². The van der Waals surface area contributed by atoms with Gasteiger partial charge in [0.2, 0.25) is 5.91 Å². The molecule has 1 fully saturated rings. The van der Waals surface area contributed by atoms with Gasteiger partial charge in [-0.25, -0.2) is 0 Å². The molecule has 1 aromatic rings. The van der Waals surface area contributed by atoms with E-state index in [9.17, 15) is 4.79 Å². The second-order valence-corrected chi connectivity index (χ2v) is 7.13. The molecule has 1 aromatic carbocycles. The van der Waals surface area contributed by atoms with Crippen molar-refractivity contribution in [1.82, 2.24) is 10.2 Å². The van der Waals surface area contributed by atoms with Gasteiger partial charge in [0, 0.05) is 38.7 Å². The van der Waals surface area contributed by atoms with E-state index in [1.165, 1.54) is 11.1 Å². The lowest BCUT2D eigenvalue weighted by atomic mass is 9.89. The van der Waals surface area contributed by atoms with Gasteiger partial charge in [-0.3, -0.25) is 4.79 Å². The Morgan fingerprint density at radius 1 is 1.29 bits per heavy atom. The summed E-state index contributed by atoms with van der Waals surface area (Å²) < 4.78 is 5.15. The first kappa shape index (κ1) is 18.9. The molecule has 1 saturated heterocycles. The van der Waals surface area contributed by atoms with Crippen LogP contribution >= 0.6 is 0 Å². The first-order chi connectivity index (χ1) is 11.5. The fourth-order valence-corrected chi connectivity index (χ4v) is 3.45. The maximum Gasteiger partial charge on any atom is 0.225 e. The van der Waals surface area contributed by atoms with E-state index >= 15 is 0 Å². The SMILES string of the molecule is CC[C@@H]1CN(C(=O)C(C)C)CC[C@H]1NCc1ccc(COC)cc1. The molecule has 2 atom stereocenters. The molecule has 0 aliphatic carbocycles. The molecule has 4 heteroatoms. The molecule has 1 heterocycles. The Labute approximate surface area is 146 Å². The number of likely N-dealkylation sites (tertiary alicyclic amines) is 1. The molecule has 1 N–H and O–H groups in total. The lowest BCUT2D eigenvalue weighted by Gasteiger charge is -2.39. The van der Waals surface area contributed by atoms with Crippen LogP contribution in [0, 0.1) is 11.8 Å². The Bertz CT molecular complexity index is 513. The number of methoxy groups -OCH3 is 1. The number of nitrogens with one attached hydrogen (secondary N) is 1. The minimum atomic E-state index is 0.0950. The molecule has 0 bridgehead atoms. The molecular formula is C20H32N2O2. The third kappa shape index (κ3) is 5.05. The smallest absolute Gasteiger partial charge is 0.225 e. The third-order valence-corrected chi connectivity index (χ3v) is 4.97. The Kier molecular flexibility index (Phi) is 7.25. The minimum Gasteiger partial charge on any atom is -0.380 e. The largest absolute Gasteiger partial charge is 0.380 e. The molecule has 1 amide bonds. The van der Waals surface area contributed by atoms with E-state index in [2.05, 4.69) is 41.4 Å². The number of hydrogen-bond acceptors (Lipinski definition) is 3. The number of carbonyl (C=O) groups is 1. The molecule has 0 radical (unpaired) electrons. The van der Waals surface area contributed by atoms with Gasteiger partial charge in [-0.1, -0.05) is 51.5 Å². The topological polar surface area (TPSA) is 41.6 Å². The highest BCUT2D eigenvalue weighted by atomic mass is 16.5. The highest BCUT2D eigenvalue weighted by Gasteiger charge is 2.30. The average molecular weight is 332 g/mol. The van der Waals surface area contributed by atoms with Gasteiger partial charge >= 0.3 is 0 Å². The number of nitrogens with zero attached hydrogens (tertiary/aromatic N) is 1. The quantitative estimate of drug-likeness (QED) is 0.834. The van der Waals surface area contributed by atoms with E-state index in [0.29, 0.717) is 24.5 Å². The highest BCUT2D eigenvalue weighted by Crippen LogP contribution is 2.22. The van der Waals surface area contributed by atoms with E-state index in [0.717, 1.165) is 32.5 Å². The molecule has 1 aliphatic heterocycles. The van der Waals surface area contributed by atoms with E-state index < -0.39 is 0 Å². The first-order valence-electron chi connectivity index (χ1n) is 9.14. The van der Waals surface area contributed by atoms with Crippen molar-refractivity contribution in [2.45, 2.75) is 52.8 Å². The molecular weight excluding hydrogens is 300 g/mol. The van der Waals surface area contributed by atoms with Crippen LogP contribution in [0.3, 0.4) is 0 Å². The van der Waals surface area contributed by atoms with Crippen LogP contribution in [-0.4, -0.2) is 37.0 Å². The van der Waals surface area contributed by atoms with E-state index in [4.69, 9.17) is 4.74 Å². The maximum atomic E-state index is 12.2. The highest BCUT2D eigenvalue weighted by molar-refractivity contribution is 5.78. The van der Waals surface area contributed by atoms with Crippen molar-refractivity contribution in [2.24, 2.45) is 11.8 Å². The van der Waals surface area contributed by atoms with Crippen molar-refractivity contribution >= 4 is 5.91 Å². The number of ether oxygens (including phenoxy) is 1. The lowest BCUT2D eigenvalue weighted by Crippen LogP contribution is -2.51. The zero-order valence-electron chi connectivity index (χ0n) is 15.5. The summed E-state index contributed by atoms with van der Waals surface area (Å²) in [6.07, 6.45) is 2.14. The molecule has 2 rings (SSSR count). The first-order valence-corrected chi connectivity index (χ1v) is 9.14. The zero-order chi connectivity index (χ0) is 17.5. The average Bonchev–Trinajstić information content (AvgIpc) is 2.60. The molecule has 24 heavy (non-hydrogen) atoms. The second-order valence-electron chi connectivity index (χ2n) is 7.13. The molecule has 0 saturated carbocycles. The van der Waals surface area contributed by atoms with Crippen molar-refractivity contribution in [3.63, 3.8) is 0 Å². The summed E-state index contributed by atoms with van der Waals surface area (Å²) in [5, 5.41) is 3.71. The maximum absolute atomic E-state index is 12.2. The summed E-state index contributed by atoms with van der Waals surface area (Å²) in [4.78, 5) is 14.3. The lowest BCUT2D eigenvalue weighted by molar-refractivity contribution is -0.136. The van der Waals surface area contributed by atoms with Crippen LogP contribution in [0.4, 0.5) is 0 Å². The van der Waals surface area contributed by atoms with E-state index in [-0.39, 0.29) is 5.92 Å². The van der Waals surface area contributed by atoms with Crippen LogP contribution in [0.25, 0.3) is 0 Å². The van der Waals surface area contributed by atoms with Gasteiger partial charge in [-0.2, -0.15) is 0 Å². The Morgan fingerprint density at radius 2 is 1.96 bits per heavy atom. The van der Waals surface area contributed by atoms with Gasteiger partial charge in [-0.15, -0.1) is 0 Å². The summed E-state index contributed by atoms with van der Waals surface area (Å²) >= 11 is 0. The fraction of sp³-hybridized carbons (Fsp3) is 0.650. The van der Waals surface area contributed by atoms with Gasteiger partial charge in [0.25, 0.3) is 0 Å². The fourth-order valence-electron chi connectivity index (χ4n) is 3.45. The number of hydrogen-bond donors (Lipinski definition) is 1. The second kappa shape index (κ2) is 9.19. The summed E-state index contributed by atoms with van der Waals surface area (Å²) in [6, 6.07) is 9.08. The van der Waals surface area contributed by atoms with Crippen LogP contribution < -0.4 is 5.32 Å². The number of benzene rings is 1. The molecule has 0 unspecified atom stereocenters. The third-order valence-electron chi connectivity index (χ3n) is 4.97. The predicted molar refractivity (Wildman–Crippen MR) is 97.6 cm³/mol. The van der Waals surface area contributed by atoms with Gasteiger partial charge in [0.1, 0.15) is 0 Å². The summed E-state index contributed by atoms with van der Waals surface area (Å²) in [6.45, 7) is 9.50. The number of amides is 1. The van der Waals surface area contributed by atoms with Gasteiger partial charge in [-0.05, 0) is 23.5 Å². The van der Waals surface area contributed by atoms with Crippen LogP contribution in [0.2, 0.25) is 0 Å². The zero-order valence-corrected chi connectivity index (χ0v) is 15.5. The number of piperidine rings is 1. The summed E-state index contributed by atoms with van der Waals surface area (Å²) in [5.74, 6) is 0.924. The standard InChI is InChI=1S/C20H32N2O2/c1-5-18-13-22(20(23)15(2)3)11-10-19(18)21-12-16-6-8-17(9-7-16)14-24-4/h6-9,15,18-19,21H,5,10-14H2,1-4H3/t18-,19-/m1/s1. The molecule has 0 aromatic heterocycles. The Morgan fingerprint density at radius 3 is 2.54 bits per heavy atom. The van der Waals surface area contributed by atoms with Gasteiger partial charge < -0.3 is 15.0 Å². The van der Waals surface area contributed by atoms with Crippen molar-refractivity contribution < 1.29 is 9.53 Å². The molecule has 134 valence electrons. The molecule has 0 spiro atoms. The number of carbonyl (C=O) groups excluding carboxylic acids is 1. The van der Waals surface area contributed by atoms with E-state index in [1.54, 1.807) is 7.11 Å².